The van der Waals surface area contributed by atoms with Gasteiger partial charge in [-0.3, -0.25) is 4.79 Å². The molecule has 0 saturated heterocycles. The molecule has 1 aromatic rings. The molecule has 0 unspecified atom stereocenters. The number of ether oxygens (including phenoxy) is 2. The lowest BCUT2D eigenvalue weighted by Crippen LogP contribution is -2.41. The standard InChI is InChI=1S/C18H23BrO3/c1-12-6-5-9-18(2,17(20)22-4)15(12)11-13-10-14(21-3)7-8-16(13)19/h7-8,10,15H,1,5-6,9,11H2,2-4H3/t15-,18-/m1/s1. The molecule has 2 rings (SSSR count). The Kier molecular flexibility index (Phi) is 5.32. The van der Waals surface area contributed by atoms with Crippen LogP contribution in [0.15, 0.2) is 34.8 Å². The molecule has 1 saturated carbocycles. The summed E-state index contributed by atoms with van der Waals surface area (Å²) in [5.41, 5.74) is 1.75. The van der Waals surface area contributed by atoms with Crippen molar-refractivity contribution >= 4 is 21.9 Å². The van der Waals surface area contributed by atoms with Crippen LogP contribution < -0.4 is 4.74 Å². The van der Waals surface area contributed by atoms with Crippen LogP contribution in [0.2, 0.25) is 0 Å². The van der Waals surface area contributed by atoms with E-state index in [9.17, 15) is 4.79 Å². The average Bonchev–Trinajstić information content (AvgIpc) is 2.51. The Morgan fingerprint density at radius 3 is 2.82 bits per heavy atom. The molecule has 0 N–H and O–H groups in total. The van der Waals surface area contributed by atoms with Crippen molar-refractivity contribution in [3.05, 3.63) is 40.4 Å². The predicted octanol–water partition coefficient (Wildman–Crippen LogP) is 4.54. The summed E-state index contributed by atoms with van der Waals surface area (Å²) in [4.78, 5) is 12.3. The topological polar surface area (TPSA) is 35.5 Å². The van der Waals surface area contributed by atoms with Gasteiger partial charge in [0.2, 0.25) is 0 Å². The Balaban J connectivity index is 2.35. The van der Waals surface area contributed by atoms with Gasteiger partial charge in [-0.05, 0) is 62.3 Å². The summed E-state index contributed by atoms with van der Waals surface area (Å²) in [5, 5.41) is 0. The molecule has 3 nitrogen and oxygen atoms in total. The smallest absolute Gasteiger partial charge is 0.312 e. The van der Waals surface area contributed by atoms with E-state index in [0.29, 0.717) is 0 Å². The number of methoxy groups -OCH3 is 2. The molecule has 0 bridgehead atoms. The monoisotopic (exact) mass is 366 g/mol. The molecule has 1 aliphatic rings. The van der Waals surface area contributed by atoms with E-state index in [0.717, 1.165) is 47.0 Å². The van der Waals surface area contributed by atoms with Crippen LogP contribution in [0, 0.1) is 11.3 Å². The quantitative estimate of drug-likeness (QED) is 0.579. The fourth-order valence-electron chi connectivity index (χ4n) is 3.38. The molecule has 22 heavy (non-hydrogen) atoms. The molecule has 2 atom stereocenters. The second-order valence-corrected chi connectivity index (χ2v) is 6.99. The van der Waals surface area contributed by atoms with Crippen LogP contribution in [0.25, 0.3) is 0 Å². The van der Waals surface area contributed by atoms with Crippen molar-refractivity contribution in [3.8, 4) is 5.75 Å². The maximum Gasteiger partial charge on any atom is 0.312 e. The first-order valence-corrected chi connectivity index (χ1v) is 8.30. The summed E-state index contributed by atoms with van der Waals surface area (Å²) in [5.74, 6) is 0.758. The van der Waals surface area contributed by atoms with Gasteiger partial charge in [0.05, 0.1) is 19.6 Å². The number of rotatable bonds is 4. The highest BCUT2D eigenvalue weighted by molar-refractivity contribution is 9.10. The number of esters is 1. The van der Waals surface area contributed by atoms with E-state index in [1.54, 1.807) is 7.11 Å². The predicted molar refractivity (Wildman–Crippen MR) is 91.0 cm³/mol. The zero-order chi connectivity index (χ0) is 16.3. The van der Waals surface area contributed by atoms with Gasteiger partial charge in [-0.2, -0.15) is 0 Å². The van der Waals surface area contributed by atoms with Gasteiger partial charge in [-0.15, -0.1) is 0 Å². The minimum atomic E-state index is -0.507. The molecule has 0 aliphatic heterocycles. The normalized spacial score (nSPS) is 24.9. The summed E-state index contributed by atoms with van der Waals surface area (Å²) in [7, 11) is 3.12. The molecule has 1 aromatic carbocycles. The second kappa shape index (κ2) is 6.86. The van der Waals surface area contributed by atoms with Crippen LogP contribution in [0.5, 0.6) is 5.75 Å². The van der Waals surface area contributed by atoms with Crippen LogP contribution in [-0.2, 0) is 16.0 Å². The minimum Gasteiger partial charge on any atom is -0.497 e. The molecule has 0 heterocycles. The number of halogens is 1. The van der Waals surface area contributed by atoms with Crippen LogP contribution in [0.3, 0.4) is 0 Å². The first-order valence-electron chi connectivity index (χ1n) is 7.51. The van der Waals surface area contributed by atoms with Crippen molar-refractivity contribution in [2.24, 2.45) is 11.3 Å². The van der Waals surface area contributed by atoms with Crippen molar-refractivity contribution in [1.82, 2.24) is 0 Å². The van der Waals surface area contributed by atoms with E-state index in [2.05, 4.69) is 22.5 Å². The first kappa shape index (κ1) is 17.1. The van der Waals surface area contributed by atoms with E-state index in [-0.39, 0.29) is 11.9 Å². The highest BCUT2D eigenvalue weighted by atomic mass is 79.9. The van der Waals surface area contributed by atoms with Crippen molar-refractivity contribution in [2.45, 2.75) is 32.6 Å². The first-order chi connectivity index (χ1) is 10.4. The number of hydrogen-bond donors (Lipinski definition) is 0. The fraction of sp³-hybridized carbons (Fsp3) is 0.500. The Morgan fingerprint density at radius 1 is 1.45 bits per heavy atom. The van der Waals surface area contributed by atoms with Crippen molar-refractivity contribution in [3.63, 3.8) is 0 Å². The third-order valence-corrected chi connectivity index (χ3v) is 5.56. The zero-order valence-corrected chi connectivity index (χ0v) is 15.0. The molecule has 4 heteroatoms. The van der Waals surface area contributed by atoms with Gasteiger partial charge >= 0.3 is 5.97 Å². The number of benzene rings is 1. The molecule has 0 spiro atoms. The van der Waals surface area contributed by atoms with Crippen molar-refractivity contribution < 1.29 is 14.3 Å². The van der Waals surface area contributed by atoms with E-state index in [1.807, 2.05) is 25.1 Å². The lowest BCUT2D eigenvalue weighted by Gasteiger charge is -2.40. The van der Waals surface area contributed by atoms with Gasteiger partial charge in [0.25, 0.3) is 0 Å². The summed E-state index contributed by atoms with van der Waals surface area (Å²) in [6, 6.07) is 5.92. The molecule has 0 radical (unpaired) electrons. The SMILES string of the molecule is C=C1CCC[C@@](C)(C(=O)OC)[C@@H]1Cc1cc(OC)ccc1Br. The largest absolute Gasteiger partial charge is 0.497 e. The highest BCUT2D eigenvalue weighted by Crippen LogP contribution is 2.46. The van der Waals surface area contributed by atoms with Gasteiger partial charge in [0, 0.05) is 4.47 Å². The number of carbonyl (C=O) groups excluding carboxylic acids is 1. The van der Waals surface area contributed by atoms with E-state index < -0.39 is 5.41 Å². The zero-order valence-electron chi connectivity index (χ0n) is 13.4. The Morgan fingerprint density at radius 2 is 2.18 bits per heavy atom. The van der Waals surface area contributed by atoms with Crippen molar-refractivity contribution in [1.29, 1.82) is 0 Å². The summed E-state index contributed by atoms with van der Waals surface area (Å²) in [6.45, 7) is 6.22. The Bertz CT molecular complexity index is 582. The number of allylic oxidation sites excluding steroid dienone is 1. The molecular weight excluding hydrogens is 344 g/mol. The van der Waals surface area contributed by atoms with Gasteiger partial charge < -0.3 is 9.47 Å². The fourth-order valence-corrected chi connectivity index (χ4v) is 3.79. The Hall–Kier alpha value is -1.29. The molecule has 0 amide bonds. The van der Waals surface area contributed by atoms with Gasteiger partial charge in [-0.25, -0.2) is 0 Å². The molecule has 120 valence electrons. The van der Waals surface area contributed by atoms with Gasteiger partial charge in [-0.1, -0.05) is 28.1 Å². The summed E-state index contributed by atoms with van der Waals surface area (Å²) < 4.78 is 11.4. The minimum absolute atomic E-state index is 0.0807. The van der Waals surface area contributed by atoms with E-state index in [1.165, 1.54) is 7.11 Å². The van der Waals surface area contributed by atoms with E-state index in [4.69, 9.17) is 9.47 Å². The van der Waals surface area contributed by atoms with Gasteiger partial charge in [0.1, 0.15) is 5.75 Å². The molecule has 1 aliphatic carbocycles. The second-order valence-electron chi connectivity index (χ2n) is 6.13. The third kappa shape index (κ3) is 3.22. The third-order valence-electron chi connectivity index (χ3n) is 4.78. The van der Waals surface area contributed by atoms with E-state index >= 15 is 0 Å². The number of carbonyl (C=O) groups is 1. The lowest BCUT2D eigenvalue weighted by molar-refractivity contribution is -0.155. The van der Waals surface area contributed by atoms with Crippen LogP contribution in [0.4, 0.5) is 0 Å². The lowest BCUT2D eigenvalue weighted by atomic mass is 9.63. The van der Waals surface area contributed by atoms with Crippen LogP contribution in [0.1, 0.15) is 31.7 Å². The maximum atomic E-state index is 12.3. The summed E-state index contributed by atoms with van der Waals surface area (Å²) in [6.07, 6.45) is 3.55. The van der Waals surface area contributed by atoms with Crippen molar-refractivity contribution in [2.75, 3.05) is 14.2 Å². The Labute approximate surface area is 140 Å². The maximum absolute atomic E-state index is 12.3. The highest BCUT2D eigenvalue weighted by Gasteiger charge is 2.45. The van der Waals surface area contributed by atoms with Crippen LogP contribution >= 0.6 is 15.9 Å². The molecular formula is C18H23BrO3. The van der Waals surface area contributed by atoms with Crippen LogP contribution in [-0.4, -0.2) is 20.2 Å². The van der Waals surface area contributed by atoms with Gasteiger partial charge in [0.15, 0.2) is 0 Å². The molecule has 1 fully saturated rings. The summed E-state index contributed by atoms with van der Waals surface area (Å²) >= 11 is 3.60. The average molecular weight is 367 g/mol. The number of hydrogen-bond acceptors (Lipinski definition) is 3. The molecule has 0 aromatic heterocycles.